The summed E-state index contributed by atoms with van der Waals surface area (Å²) in [5.41, 5.74) is -0.196. The number of hydrogen-bond acceptors (Lipinski definition) is 6. The van der Waals surface area contributed by atoms with Gasteiger partial charge in [0.15, 0.2) is 6.61 Å². The zero-order valence-electron chi connectivity index (χ0n) is 16.2. The Labute approximate surface area is 164 Å². The minimum absolute atomic E-state index is 0.00992. The van der Waals surface area contributed by atoms with Gasteiger partial charge < -0.3 is 24.0 Å². The zero-order chi connectivity index (χ0) is 19.6. The van der Waals surface area contributed by atoms with Crippen LogP contribution in [-0.4, -0.2) is 104 Å². The SMILES string of the molecule is COCC(=O)N1CC2COCCN2C2(C1)CN(C(=O)COc1ccccc1)C2. The van der Waals surface area contributed by atoms with Crippen LogP contribution in [-0.2, 0) is 19.1 Å². The van der Waals surface area contributed by atoms with Gasteiger partial charge in [0.1, 0.15) is 12.4 Å². The van der Waals surface area contributed by atoms with Gasteiger partial charge in [-0.3, -0.25) is 14.5 Å². The summed E-state index contributed by atoms with van der Waals surface area (Å²) in [6, 6.07) is 9.51. The lowest BCUT2D eigenvalue weighted by Gasteiger charge is -2.63. The summed E-state index contributed by atoms with van der Waals surface area (Å²) < 4.78 is 16.3. The Bertz CT molecular complexity index is 707. The van der Waals surface area contributed by atoms with Gasteiger partial charge in [-0.15, -0.1) is 0 Å². The van der Waals surface area contributed by atoms with E-state index < -0.39 is 0 Å². The largest absolute Gasteiger partial charge is 0.484 e. The Morgan fingerprint density at radius 3 is 2.57 bits per heavy atom. The van der Waals surface area contributed by atoms with Gasteiger partial charge in [0.05, 0.1) is 24.8 Å². The van der Waals surface area contributed by atoms with Gasteiger partial charge >= 0.3 is 0 Å². The molecule has 3 aliphatic heterocycles. The molecule has 152 valence electrons. The third-order valence-electron chi connectivity index (χ3n) is 5.80. The molecule has 2 amide bonds. The highest BCUT2D eigenvalue weighted by Crippen LogP contribution is 2.35. The highest BCUT2D eigenvalue weighted by Gasteiger charge is 2.56. The molecule has 8 heteroatoms. The van der Waals surface area contributed by atoms with E-state index in [1.165, 1.54) is 7.11 Å². The standard InChI is InChI=1S/C20H27N3O5/c1-26-11-18(24)21-9-16-10-27-8-7-23(16)20(13-21)14-22(15-20)19(25)12-28-17-5-3-2-4-6-17/h2-6,16H,7-15H2,1H3. The molecule has 0 bridgehead atoms. The summed E-state index contributed by atoms with van der Waals surface area (Å²) in [5, 5.41) is 0. The number of benzene rings is 1. The number of nitrogens with zero attached hydrogens (tertiary/aromatic N) is 3. The van der Waals surface area contributed by atoms with Crippen molar-refractivity contribution in [2.24, 2.45) is 0 Å². The van der Waals surface area contributed by atoms with Gasteiger partial charge in [0.25, 0.3) is 5.91 Å². The number of piperazine rings is 1. The molecule has 1 atom stereocenters. The van der Waals surface area contributed by atoms with Crippen LogP contribution in [0.15, 0.2) is 30.3 Å². The van der Waals surface area contributed by atoms with E-state index in [4.69, 9.17) is 14.2 Å². The second-order valence-electron chi connectivity index (χ2n) is 7.71. The van der Waals surface area contributed by atoms with Gasteiger partial charge in [-0.1, -0.05) is 18.2 Å². The van der Waals surface area contributed by atoms with Crippen molar-refractivity contribution in [1.82, 2.24) is 14.7 Å². The van der Waals surface area contributed by atoms with Crippen LogP contribution in [0, 0.1) is 0 Å². The van der Waals surface area contributed by atoms with E-state index in [-0.39, 0.29) is 36.6 Å². The van der Waals surface area contributed by atoms with Gasteiger partial charge in [-0.05, 0) is 12.1 Å². The number of morpholine rings is 1. The zero-order valence-corrected chi connectivity index (χ0v) is 16.2. The van der Waals surface area contributed by atoms with E-state index in [1.54, 1.807) is 0 Å². The van der Waals surface area contributed by atoms with Crippen LogP contribution < -0.4 is 4.74 Å². The molecule has 1 aromatic carbocycles. The second-order valence-corrected chi connectivity index (χ2v) is 7.71. The number of carbonyl (C=O) groups is 2. The third-order valence-corrected chi connectivity index (χ3v) is 5.80. The van der Waals surface area contributed by atoms with Crippen LogP contribution in [0.1, 0.15) is 0 Å². The number of para-hydroxylation sites is 1. The van der Waals surface area contributed by atoms with Crippen LogP contribution in [0.2, 0.25) is 0 Å². The van der Waals surface area contributed by atoms with Crippen molar-refractivity contribution in [3.8, 4) is 5.75 Å². The molecule has 3 heterocycles. The summed E-state index contributed by atoms with van der Waals surface area (Å²) in [5.74, 6) is 0.650. The number of methoxy groups -OCH3 is 1. The Hall–Kier alpha value is -2.16. The average molecular weight is 389 g/mol. The van der Waals surface area contributed by atoms with E-state index in [0.717, 1.165) is 6.54 Å². The maximum Gasteiger partial charge on any atom is 0.260 e. The monoisotopic (exact) mass is 389 g/mol. The van der Waals surface area contributed by atoms with Gasteiger partial charge in [0.2, 0.25) is 5.91 Å². The Morgan fingerprint density at radius 2 is 1.82 bits per heavy atom. The average Bonchev–Trinajstić information content (AvgIpc) is 2.70. The molecule has 0 aliphatic carbocycles. The molecular formula is C20H27N3O5. The molecular weight excluding hydrogens is 362 g/mol. The van der Waals surface area contributed by atoms with Gasteiger partial charge in [0, 0.05) is 39.8 Å². The molecule has 1 aromatic rings. The molecule has 3 fully saturated rings. The number of hydrogen-bond donors (Lipinski definition) is 0. The van der Waals surface area contributed by atoms with Crippen molar-refractivity contribution in [2.45, 2.75) is 11.6 Å². The number of fused-ring (bicyclic) bond motifs is 2. The van der Waals surface area contributed by atoms with Crippen molar-refractivity contribution < 1.29 is 23.8 Å². The van der Waals surface area contributed by atoms with Crippen LogP contribution in [0.3, 0.4) is 0 Å². The van der Waals surface area contributed by atoms with Crippen LogP contribution in [0.5, 0.6) is 5.75 Å². The first-order chi connectivity index (χ1) is 13.6. The molecule has 3 saturated heterocycles. The Kier molecular flexibility index (Phi) is 5.52. The summed E-state index contributed by atoms with van der Waals surface area (Å²) in [6.45, 7) is 4.73. The minimum atomic E-state index is -0.196. The van der Waals surface area contributed by atoms with Crippen molar-refractivity contribution in [1.29, 1.82) is 0 Å². The van der Waals surface area contributed by atoms with Crippen LogP contribution in [0.25, 0.3) is 0 Å². The third kappa shape index (κ3) is 3.72. The molecule has 0 radical (unpaired) electrons. The van der Waals surface area contributed by atoms with E-state index in [0.29, 0.717) is 45.1 Å². The molecule has 0 N–H and O–H groups in total. The lowest BCUT2D eigenvalue weighted by Crippen LogP contribution is -2.81. The quantitative estimate of drug-likeness (QED) is 0.697. The second kappa shape index (κ2) is 8.06. The first-order valence-electron chi connectivity index (χ1n) is 9.68. The number of rotatable bonds is 5. The molecule has 0 aromatic heterocycles. The topological polar surface area (TPSA) is 71.5 Å². The van der Waals surface area contributed by atoms with E-state index in [1.807, 2.05) is 40.1 Å². The maximum atomic E-state index is 12.6. The Morgan fingerprint density at radius 1 is 1.11 bits per heavy atom. The Balaban J connectivity index is 1.39. The predicted molar refractivity (Wildman–Crippen MR) is 101 cm³/mol. The molecule has 28 heavy (non-hydrogen) atoms. The first kappa shape index (κ1) is 19.2. The summed E-state index contributed by atoms with van der Waals surface area (Å²) in [7, 11) is 1.53. The normalized spacial score (nSPS) is 23.8. The van der Waals surface area contributed by atoms with Gasteiger partial charge in [-0.2, -0.15) is 0 Å². The fourth-order valence-corrected chi connectivity index (χ4v) is 4.48. The van der Waals surface area contributed by atoms with Crippen LogP contribution >= 0.6 is 0 Å². The number of amides is 2. The molecule has 1 unspecified atom stereocenters. The van der Waals surface area contributed by atoms with Crippen molar-refractivity contribution in [2.75, 3.05) is 66.3 Å². The van der Waals surface area contributed by atoms with Gasteiger partial charge in [-0.25, -0.2) is 0 Å². The summed E-state index contributed by atoms with van der Waals surface area (Å²) in [4.78, 5) is 31.1. The van der Waals surface area contributed by atoms with Crippen LogP contribution in [0.4, 0.5) is 0 Å². The first-order valence-corrected chi connectivity index (χ1v) is 9.68. The maximum absolute atomic E-state index is 12.6. The van der Waals surface area contributed by atoms with Crippen molar-refractivity contribution in [3.05, 3.63) is 30.3 Å². The minimum Gasteiger partial charge on any atom is -0.484 e. The van der Waals surface area contributed by atoms with Crippen molar-refractivity contribution in [3.63, 3.8) is 0 Å². The van der Waals surface area contributed by atoms with E-state index in [9.17, 15) is 9.59 Å². The molecule has 1 spiro atoms. The lowest BCUT2D eigenvalue weighted by atomic mass is 9.82. The number of likely N-dealkylation sites (tertiary alicyclic amines) is 1. The molecule has 0 saturated carbocycles. The highest BCUT2D eigenvalue weighted by molar-refractivity contribution is 5.80. The smallest absolute Gasteiger partial charge is 0.260 e. The molecule has 3 aliphatic rings. The summed E-state index contributed by atoms with van der Waals surface area (Å²) in [6.07, 6.45) is 0. The predicted octanol–water partition coefficient (Wildman–Crippen LogP) is -0.164. The van der Waals surface area contributed by atoms with E-state index >= 15 is 0 Å². The highest BCUT2D eigenvalue weighted by atomic mass is 16.5. The molecule has 8 nitrogen and oxygen atoms in total. The fourth-order valence-electron chi connectivity index (χ4n) is 4.48. The summed E-state index contributed by atoms with van der Waals surface area (Å²) >= 11 is 0. The fraction of sp³-hybridized carbons (Fsp3) is 0.600. The van der Waals surface area contributed by atoms with Crippen molar-refractivity contribution >= 4 is 11.8 Å². The number of carbonyl (C=O) groups excluding carboxylic acids is 2. The molecule has 4 rings (SSSR count). The number of ether oxygens (including phenoxy) is 3. The van der Waals surface area contributed by atoms with E-state index in [2.05, 4.69) is 4.90 Å². The lowest BCUT2D eigenvalue weighted by molar-refractivity contribution is -0.183.